The van der Waals surface area contributed by atoms with Crippen LogP contribution in [-0.2, 0) is 17.1 Å². The maximum Gasteiger partial charge on any atom is 0.254 e. The minimum absolute atomic E-state index is 0.153. The van der Waals surface area contributed by atoms with E-state index in [4.69, 9.17) is 4.74 Å². The molecule has 26 heavy (non-hydrogen) atoms. The fourth-order valence-electron chi connectivity index (χ4n) is 2.98. The van der Waals surface area contributed by atoms with E-state index in [0.717, 1.165) is 11.8 Å². The van der Waals surface area contributed by atoms with Crippen molar-refractivity contribution in [2.75, 3.05) is 13.1 Å². The van der Waals surface area contributed by atoms with Crippen molar-refractivity contribution in [3.8, 4) is 5.75 Å². The molecule has 1 aromatic heterocycles. The molecule has 1 fully saturated rings. The predicted octanol–water partition coefficient (Wildman–Crippen LogP) is 2.06. The molecule has 0 amide bonds. The Morgan fingerprint density at radius 1 is 1.15 bits per heavy atom. The summed E-state index contributed by atoms with van der Waals surface area (Å²) in [4.78, 5) is 11.5. The molecule has 0 aliphatic carbocycles. The minimum Gasteiger partial charge on any atom is -0.490 e. The number of piperidine rings is 1. The summed E-state index contributed by atoms with van der Waals surface area (Å²) in [5.74, 6) is -0.262. The van der Waals surface area contributed by atoms with Crippen LogP contribution >= 0.6 is 0 Å². The summed E-state index contributed by atoms with van der Waals surface area (Å²) in [6.07, 6.45) is 0.762. The minimum atomic E-state index is -3.86. The molecule has 6 nitrogen and oxygen atoms in total. The molecule has 1 aliphatic rings. The smallest absolute Gasteiger partial charge is 0.254 e. The molecular formula is C18H21FN2O4S. The van der Waals surface area contributed by atoms with Gasteiger partial charge in [-0.2, -0.15) is 4.31 Å². The topological polar surface area (TPSA) is 68.6 Å². The molecule has 0 spiro atoms. The Balaban J connectivity index is 1.68. The van der Waals surface area contributed by atoms with Crippen LogP contribution in [-0.4, -0.2) is 36.5 Å². The molecule has 0 unspecified atom stereocenters. The predicted molar refractivity (Wildman–Crippen MR) is 95.2 cm³/mol. The number of benzene rings is 1. The highest BCUT2D eigenvalue weighted by atomic mass is 32.2. The lowest BCUT2D eigenvalue weighted by molar-refractivity contribution is 0.134. The molecule has 8 heteroatoms. The van der Waals surface area contributed by atoms with E-state index in [9.17, 15) is 17.6 Å². The van der Waals surface area contributed by atoms with Crippen molar-refractivity contribution in [1.29, 1.82) is 0 Å². The van der Waals surface area contributed by atoms with Gasteiger partial charge in [0.2, 0.25) is 10.0 Å². The molecule has 0 atom stereocenters. The lowest BCUT2D eigenvalue weighted by atomic mass is 10.1. The van der Waals surface area contributed by atoms with E-state index in [-0.39, 0.29) is 29.6 Å². The van der Waals surface area contributed by atoms with E-state index < -0.39 is 15.8 Å². The van der Waals surface area contributed by atoms with Crippen molar-refractivity contribution < 1.29 is 17.5 Å². The summed E-state index contributed by atoms with van der Waals surface area (Å²) in [7, 11) is -2.17. The summed E-state index contributed by atoms with van der Waals surface area (Å²) in [6.45, 7) is 2.30. The van der Waals surface area contributed by atoms with Gasteiger partial charge in [-0.05, 0) is 38.0 Å². The number of nitrogens with zero attached hydrogens (tertiary/aromatic N) is 2. The van der Waals surface area contributed by atoms with Gasteiger partial charge in [-0.25, -0.2) is 12.8 Å². The Kier molecular flexibility index (Phi) is 5.15. The van der Waals surface area contributed by atoms with Crippen molar-refractivity contribution >= 4 is 10.0 Å². The van der Waals surface area contributed by atoms with E-state index in [0.29, 0.717) is 18.6 Å². The first kappa shape index (κ1) is 18.6. The first-order valence-electron chi connectivity index (χ1n) is 8.38. The highest BCUT2D eigenvalue weighted by molar-refractivity contribution is 7.89. The summed E-state index contributed by atoms with van der Waals surface area (Å²) < 4.78 is 47.7. The number of ether oxygens (including phenoxy) is 1. The standard InChI is InChI=1S/C18H21FN2O4S/c1-13-11-15(12-18(22)20(13)2)25-14-7-9-21(10-8-14)26(23,24)17-6-4-3-5-16(17)19/h3-6,11-12,14H,7-10H2,1-2H3. The third kappa shape index (κ3) is 3.66. The van der Waals surface area contributed by atoms with E-state index in [1.165, 1.54) is 33.1 Å². The zero-order valence-electron chi connectivity index (χ0n) is 14.7. The lowest BCUT2D eigenvalue weighted by Gasteiger charge is -2.31. The maximum absolute atomic E-state index is 13.9. The second-order valence-corrected chi connectivity index (χ2v) is 8.29. The van der Waals surface area contributed by atoms with Crippen LogP contribution in [0.3, 0.4) is 0 Å². The van der Waals surface area contributed by atoms with Gasteiger partial charge in [-0.15, -0.1) is 0 Å². The van der Waals surface area contributed by atoms with Crippen LogP contribution < -0.4 is 10.3 Å². The van der Waals surface area contributed by atoms with Crippen LogP contribution in [0.15, 0.2) is 46.1 Å². The number of aromatic nitrogens is 1. The molecule has 140 valence electrons. The average Bonchev–Trinajstić information content (AvgIpc) is 2.60. The van der Waals surface area contributed by atoms with Gasteiger partial charge >= 0.3 is 0 Å². The Labute approximate surface area is 151 Å². The van der Waals surface area contributed by atoms with Gasteiger partial charge < -0.3 is 9.30 Å². The third-order valence-corrected chi connectivity index (χ3v) is 6.57. The van der Waals surface area contributed by atoms with Crippen molar-refractivity contribution in [1.82, 2.24) is 8.87 Å². The number of sulfonamides is 1. The SMILES string of the molecule is Cc1cc(OC2CCN(S(=O)(=O)c3ccccc3F)CC2)cc(=O)n1C. The number of hydrogen-bond acceptors (Lipinski definition) is 4. The quantitative estimate of drug-likeness (QED) is 0.814. The highest BCUT2D eigenvalue weighted by Gasteiger charge is 2.31. The van der Waals surface area contributed by atoms with E-state index in [2.05, 4.69) is 0 Å². The van der Waals surface area contributed by atoms with Gasteiger partial charge in [0.25, 0.3) is 5.56 Å². The molecule has 1 aromatic carbocycles. The number of hydrogen-bond donors (Lipinski definition) is 0. The highest BCUT2D eigenvalue weighted by Crippen LogP contribution is 2.25. The Morgan fingerprint density at radius 2 is 1.81 bits per heavy atom. The van der Waals surface area contributed by atoms with Crippen LogP contribution in [0.2, 0.25) is 0 Å². The van der Waals surface area contributed by atoms with Crippen molar-refractivity contribution in [3.05, 3.63) is 58.3 Å². The summed E-state index contributed by atoms with van der Waals surface area (Å²) in [5.41, 5.74) is 0.631. The van der Waals surface area contributed by atoms with Gasteiger partial charge in [0.1, 0.15) is 22.6 Å². The molecule has 2 heterocycles. The lowest BCUT2D eigenvalue weighted by Crippen LogP contribution is -2.42. The monoisotopic (exact) mass is 380 g/mol. The largest absolute Gasteiger partial charge is 0.490 e. The number of halogens is 1. The average molecular weight is 380 g/mol. The zero-order chi connectivity index (χ0) is 18.9. The van der Waals surface area contributed by atoms with Crippen LogP contribution in [0.25, 0.3) is 0 Å². The molecule has 0 saturated carbocycles. The molecule has 1 aliphatic heterocycles. The number of pyridine rings is 1. The molecule has 1 saturated heterocycles. The maximum atomic E-state index is 13.9. The van der Waals surface area contributed by atoms with E-state index >= 15 is 0 Å². The zero-order valence-corrected chi connectivity index (χ0v) is 15.5. The van der Waals surface area contributed by atoms with E-state index in [1.807, 2.05) is 6.92 Å². The molecule has 0 N–H and O–H groups in total. The van der Waals surface area contributed by atoms with Gasteiger partial charge in [0.15, 0.2) is 0 Å². The third-order valence-electron chi connectivity index (χ3n) is 4.63. The number of rotatable bonds is 4. The van der Waals surface area contributed by atoms with Crippen LogP contribution in [0.5, 0.6) is 5.75 Å². The summed E-state index contributed by atoms with van der Waals surface area (Å²) in [6, 6.07) is 8.58. The molecule has 2 aromatic rings. The second kappa shape index (κ2) is 7.20. The molecule has 0 radical (unpaired) electrons. The summed E-state index contributed by atoms with van der Waals surface area (Å²) >= 11 is 0. The van der Waals surface area contributed by atoms with Crippen LogP contribution in [0.1, 0.15) is 18.5 Å². The molecule has 0 bridgehead atoms. The van der Waals surface area contributed by atoms with Crippen molar-refractivity contribution in [3.63, 3.8) is 0 Å². The van der Waals surface area contributed by atoms with Crippen LogP contribution in [0.4, 0.5) is 4.39 Å². The Morgan fingerprint density at radius 3 is 2.42 bits per heavy atom. The van der Waals surface area contributed by atoms with Gasteiger partial charge in [0, 0.05) is 31.9 Å². The van der Waals surface area contributed by atoms with Crippen molar-refractivity contribution in [2.45, 2.75) is 30.8 Å². The van der Waals surface area contributed by atoms with Crippen LogP contribution in [0, 0.1) is 12.7 Å². The van der Waals surface area contributed by atoms with Gasteiger partial charge in [-0.1, -0.05) is 12.1 Å². The fourth-order valence-corrected chi connectivity index (χ4v) is 4.52. The first-order valence-corrected chi connectivity index (χ1v) is 9.82. The molecular weight excluding hydrogens is 359 g/mol. The van der Waals surface area contributed by atoms with Gasteiger partial charge in [-0.3, -0.25) is 4.79 Å². The summed E-state index contributed by atoms with van der Waals surface area (Å²) in [5, 5.41) is 0. The fraction of sp³-hybridized carbons (Fsp3) is 0.389. The molecule has 3 rings (SSSR count). The van der Waals surface area contributed by atoms with Gasteiger partial charge in [0.05, 0.1) is 0 Å². The van der Waals surface area contributed by atoms with E-state index in [1.54, 1.807) is 13.1 Å². The Hall–Kier alpha value is -2.19. The Bertz CT molecular complexity index is 963. The van der Waals surface area contributed by atoms with Crippen molar-refractivity contribution in [2.24, 2.45) is 7.05 Å². The first-order chi connectivity index (χ1) is 12.3. The number of aryl methyl sites for hydroxylation is 1. The normalized spacial score (nSPS) is 16.6. The second-order valence-electron chi connectivity index (χ2n) is 6.38.